The largest absolute Gasteiger partial charge is 0.491 e. The highest BCUT2D eigenvalue weighted by molar-refractivity contribution is 5.97. The highest BCUT2D eigenvalue weighted by Gasteiger charge is 2.44. The number of H-pyrrole nitrogens is 1. The Hall–Kier alpha value is -3.50. The van der Waals surface area contributed by atoms with Crippen molar-refractivity contribution < 1.29 is 23.8 Å². The fourth-order valence-corrected chi connectivity index (χ4v) is 5.54. The molecule has 3 aromatic heterocycles. The summed E-state index contributed by atoms with van der Waals surface area (Å²) in [6.07, 6.45) is 7.66. The third-order valence-corrected chi connectivity index (χ3v) is 7.42. The van der Waals surface area contributed by atoms with Gasteiger partial charge in [0.05, 0.1) is 42.9 Å². The zero-order valence-corrected chi connectivity index (χ0v) is 21.0. The highest BCUT2D eigenvalue weighted by atomic mass is 16.6. The van der Waals surface area contributed by atoms with Crippen molar-refractivity contribution in [2.45, 2.75) is 44.6 Å². The molecule has 0 saturated carbocycles. The lowest BCUT2D eigenvalue weighted by Crippen LogP contribution is -2.39. The first kappa shape index (κ1) is 23.9. The minimum Gasteiger partial charge on any atom is -0.491 e. The normalized spacial score (nSPS) is 21.4. The molecule has 0 aliphatic carbocycles. The quantitative estimate of drug-likeness (QED) is 0.528. The molecule has 3 aromatic rings. The number of pyridine rings is 2. The molecule has 0 radical (unpaired) electrons. The number of nitrogens with one attached hydrogen (secondary N) is 2. The fraction of sp³-hybridized carbons (Fsp3) is 0.481. The number of hydrogen-bond donors (Lipinski definition) is 2. The highest BCUT2D eigenvalue weighted by Crippen LogP contribution is 2.43. The summed E-state index contributed by atoms with van der Waals surface area (Å²) in [4.78, 5) is 38.4. The molecule has 2 N–H and O–H groups in total. The zero-order valence-electron chi connectivity index (χ0n) is 21.0. The minimum absolute atomic E-state index is 0.181. The summed E-state index contributed by atoms with van der Waals surface area (Å²) in [6, 6.07) is 3.82. The summed E-state index contributed by atoms with van der Waals surface area (Å²) in [5.41, 5.74) is 3.78. The van der Waals surface area contributed by atoms with Crippen LogP contribution in [0.4, 0.5) is 5.82 Å². The number of fused-ring (bicyclic) bond motifs is 3. The standard InChI is InChI=1S/C27H31N5O5/c1-17(33)30-24-12-19-20(14-28-22(19)15-29-24)21-13-23(36-11-8-32-7-3-2-4-25(32)34)18-5-9-37-27(26(18)31-21)6-10-35-16-27/h12-15,28H,2-11,16H2,1H3,(H,29,30,33). The summed E-state index contributed by atoms with van der Waals surface area (Å²) in [5, 5.41) is 3.64. The van der Waals surface area contributed by atoms with Crippen molar-refractivity contribution >= 4 is 28.5 Å². The number of amides is 2. The van der Waals surface area contributed by atoms with Gasteiger partial charge in [0.15, 0.2) is 0 Å². The van der Waals surface area contributed by atoms with Crippen LogP contribution >= 0.6 is 0 Å². The van der Waals surface area contributed by atoms with Crippen LogP contribution in [0.5, 0.6) is 5.75 Å². The van der Waals surface area contributed by atoms with Crippen molar-refractivity contribution in [3.63, 3.8) is 0 Å². The number of likely N-dealkylation sites (tertiary alicyclic amines) is 1. The van der Waals surface area contributed by atoms with Crippen molar-refractivity contribution in [2.24, 2.45) is 0 Å². The number of anilines is 1. The maximum absolute atomic E-state index is 12.3. The average Bonchev–Trinajstić information content (AvgIpc) is 3.53. The lowest BCUT2D eigenvalue weighted by atomic mass is 9.89. The first-order chi connectivity index (χ1) is 18.0. The molecule has 1 spiro atoms. The van der Waals surface area contributed by atoms with Crippen molar-refractivity contribution in [3.05, 3.63) is 35.8 Å². The number of piperidine rings is 1. The van der Waals surface area contributed by atoms with Crippen molar-refractivity contribution in [2.75, 3.05) is 44.8 Å². The van der Waals surface area contributed by atoms with Gasteiger partial charge in [0.25, 0.3) is 0 Å². The summed E-state index contributed by atoms with van der Waals surface area (Å²) in [5.74, 6) is 1.26. The topological polar surface area (TPSA) is 119 Å². The Kier molecular flexibility index (Phi) is 6.29. The van der Waals surface area contributed by atoms with E-state index < -0.39 is 5.60 Å². The van der Waals surface area contributed by atoms with Crippen LogP contribution in [0.2, 0.25) is 0 Å². The number of rotatable bonds is 6. The van der Waals surface area contributed by atoms with Crippen LogP contribution in [0, 0.1) is 0 Å². The van der Waals surface area contributed by atoms with Gasteiger partial charge in [-0.25, -0.2) is 9.97 Å². The molecule has 10 heteroatoms. The van der Waals surface area contributed by atoms with E-state index in [0.29, 0.717) is 51.6 Å². The van der Waals surface area contributed by atoms with E-state index in [1.165, 1.54) is 6.92 Å². The lowest BCUT2D eigenvalue weighted by Gasteiger charge is -2.35. The molecule has 10 nitrogen and oxygen atoms in total. The van der Waals surface area contributed by atoms with Gasteiger partial charge in [0.2, 0.25) is 11.8 Å². The molecule has 1 atom stereocenters. The molecular weight excluding hydrogens is 474 g/mol. The van der Waals surface area contributed by atoms with Crippen molar-refractivity contribution in [1.82, 2.24) is 19.9 Å². The van der Waals surface area contributed by atoms with Crippen LogP contribution < -0.4 is 10.1 Å². The van der Waals surface area contributed by atoms with Crippen LogP contribution in [0.3, 0.4) is 0 Å². The van der Waals surface area contributed by atoms with Gasteiger partial charge >= 0.3 is 0 Å². The maximum Gasteiger partial charge on any atom is 0.222 e. The van der Waals surface area contributed by atoms with Crippen LogP contribution in [0.1, 0.15) is 43.9 Å². The van der Waals surface area contributed by atoms with Gasteiger partial charge in [-0.15, -0.1) is 0 Å². The monoisotopic (exact) mass is 505 g/mol. The van der Waals surface area contributed by atoms with Gasteiger partial charge in [-0.1, -0.05) is 0 Å². The van der Waals surface area contributed by atoms with E-state index in [1.54, 1.807) is 6.20 Å². The summed E-state index contributed by atoms with van der Waals surface area (Å²) >= 11 is 0. The van der Waals surface area contributed by atoms with Gasteiger partial charge in [0.1, 0.15) is 23.8 Å². The number of nitrogens with zero attached hydrogens (tertiary/aromatic N) is 3. The smallest absolute Gasteiger partial charge is 0.222 e. The first-order valence-corrected chi connectivity index (χ1v) is 12.9. The van der Waals surface area contributed by atoms with E-state index in [4.69, 9.17) is 19.2 Å². The molecule has 2 saturated heterocycles. The van der Waals surface area contributed by atoms with Gasteiger partial charge in [0, 0.05) is 68.1 Å². The lowest BCUT2D eigenvalue weighted by molar-refractivity contribution is -0.133. The molecule has 3 aliphatic heterocycles. The predicted octanol–water partition coefficient (Wildman–Crippen LogP) is 3.16. The number of aromatic nitrogens is 3. The van der Waals surface area contributed by atoms with Gasteiger partial charge in [-0.05, 0) is 18.9 Å². The third kappa shape index (κ3) is 4.55. The van der Waals surface area contributed by atoms with E-state index in [9.17, 15) is 9.59 Å². The van der Waals surface area contributed by atoms with E-state index >= 15 is 0 Å². The van der Waals surface area contributed by atoms with E-state index in [1.807, 2.05) is 23.2 Å². The first-order valence-electron chi connectivity index (χ1n) is 12.9. The van der Waals surface area contributed by atoms with Crippen LogP contribution in [0.25, 0.3) is 22.2 Å². The zero-order chi connectivity index (χ0) is 25.4. The molecule has 6 rings (SSSR count). The van der Waals surface area contributed by atoms with Crippen LogP contribution in [-0.2, 0) is 31.1 Å². The molecular formula is C27H31N5O5. The Labute approximate surface area is 214 Å². The van der Waals surface area contributed by atoms with Gasteiger partial charge < -0.3 is 29.4 Å². The van der Waals surface area contributed by atoms with E-state index in [-0.39, 0.29) is 11.8 Å². The van der Waals surface area contributed by atoms with Gasteiger partial charge in [-0.3, -0.25) is 9.59 Å². The summed E-state index contributed by atoms with van der Waals surface area (Å²) < 4.78 is 18.4. The SMILES string of the molecule is CC(=O)Nc1cc2c(-c3cc(OCCN4CCCCC4=O)c4c(n3)C3(CCOC3)OCC4)c[nH]c2cn1. The Morgan fingerprint density at radius 3 is 3.00 bits per heavy atom. The second-order valence-corrected chi connectivity index (χ2v) is 9.91. The van der Waals surface area contributed by atoms with E-state index in [0.717, 1.165) is 65.0 Å². The van der Waals surface area contributed by atoms with Gasteiger partial charge in [-0.2, -0.15) is 0 Å². The molecule has 0 aromatic carbocycles. The molecule has 2 fully saturated rings. The summed E-state index contributed by atoms with van der Waals surface area (Å²) in [7, 11) is 0. The van der Waals surface area contributed by atoms with Crippen LogP contribution in [0.15, 0.2) is 24.5 Å². The van der Waals surface area contributed by atoms with Crippen molar-refractivity contribution in [1.29, 1.82) is 0 Å². The Morgan fingerprint density at radius 1 is 1.27 bits per heavy atom. The maximum atomic E-state index is 12.3. The van der Waals surface area contributed by atoms with Crippen LogP contribution in [-0.4, -0.2) is 71.2 Å². The Morgan fingerprint density at radius 2 is 2.19 bits per heavy atom. The number of ether oxygens (including phenoxy) is 3. The number of carbonyl (C=O) groups is 2. The second-order valence-electron chi connectivity index (χ2n) is 9.91. The third-order valence-electron chi connectivity index (χ3n) is 7.42. The van der Waals surface area contributed by atoms with Crippen molar-refractivity contribution in [3.8, 4) is 17.0 Å². The summed E-state index contributed by atoms with van der Waals surface area (Å²) in [6.45, 7) is 4.89. The fourth-order valence-electron chi connectivity index (χ4n) is 5.54. The Bertz CT molecular complexity index is 1350. The molecule has 2 amide bonds. The van der Waals surface area contributed by atoms with E-state index in [2.05, 4.69) is 15.3 Å². The predicted molar refractivity (Wildman–Crippen MR) is 136 cm³/mol. The molecule has 3 aliphatic rings. The molecule has 194 valence electrons. The number of carbonyl (C=O) groups excluding carboxylic acids is 2. The minimum atomic E-state index is -0.584. The number of aromatic amines is 1. The molecule has 1 unspecified atom stereocenters. The second kappa shape index (κ2) is 9.75. The average molecular weight is 506 g/mol. The number of hydrogen-bond acceptors (Lipinski definition) is 7. The Balaban J connectivity index is 1.38. The molecule has 6 heterocycles. The molecule has 0 bridgehead atoms. The molecule has 37 heavy (non-hydrogen) atoms.